The van der Waals surface area contributed by atoms with E-state index in [-0.39, 0.29) is 18.9 Å². The minimum atomic E-state index is -4.17. The van der Waals surface area contributed by atoms with Gasteiger partial charge in [-0.25, -0.2) is 4.79 Å². The van der Waals surface area contributed by atoms with Gasteiger partial charge in [0.05, 0.1) is 5.92 Å². The zero-order valence-electron chi connectivity index (χ0n) is 12.6. The zero-order valence-corrected chi connectivity index (χ0v) is 12.6. The van der Waals surface area contributed by atoms with Gasteiger partial charge in [0.2, 0.25) is 0 Å². The van der Waals surface area contributed by atoms with Crippen LogP contribution in [0.4, 0.5) is 18.0 Å². The summed E-state index contributed by atoms with van der Waals surface area (Å²) in [6, 6.07) is 8.76. The number of halogens is 3. The van der Waals surface area contributed by atoms with Crippen LogP contribution in [0.15, 0.2) is 30.3 Å². The molecule has 2 unspecified atom stereocenters. The van der Waals surface area contributed by atoms with Crippen molar-refractivity contribution < 1.29 is 18.0 Å². The molecule has 0 aliphatic heterocycles. The first kappa shape index (κ1) is 16.6. The summed E-state index contributed by atoms with van der Waals surface area (Å²) in [5.41, 5.74) is 0.983. The maximum atomic E-state index is 12.8. The first-order chi connectivity index (χ1) is 10.4. The SMILES string of the molecule is CN(Cc1ccccc1)C(=O)NC1CCCC(C(F)(F)F)C1. The molecule has 2 atom stereocenters. The van der Waals surface area contributed by atoms with Gasteiger partial charge in [0.25, 0.3) is 0 Å². The van der Waals surface area contributed by atoms with E-state index in [0.717, 1.165) is 5.56 Å². The second-order valence-electron chi connectivity index (χ2n) is 5.89. The predicted octanol–water partition coefficient (Wildman–Crippen LogP) is 3.95. The summed E-state index contributed by atoms with van der Waals surface area (Å²) in [6.45, 7) is 0.433. The third-order valence-electron chi connectivity index (χ3n) is 4.07. The molecule has 6 heteroatoms. The van der Waals surface area contributed by atoms with Crippen LogP contribution in [0.5, 0.6) is 0 Å². The fraction of sp³-hybridized carbons (Fsp3) is 0.562. The van der Waals surface area contributed by atoms with Gasteiger partial charge in [-0.2, -0.15) is 13.2 Å². The molecule has 1 aromatic carbocycles. The zero-order chi connectivity index (χ0) is 16.2. The van der Waals surface area contributed by atoms with E-state index < -0.39 is 18.1 Å². The quantitative estimate of drug-likeness (QED) is 0.900. The molecule has 0 saturated heterocycles. The average molecular weight is 314 g/mol. The van der Waals surface area contributed by atoms with Crippen molar-refractivity contribution in [1.82, 2.24) is 10.2 Å². The van der Waals surface area contributed by atoms with Gasteiger partial charge in [-0.1, -0.05) is 36.8 Å². The molecule has 2 amide bonds. The number of hydrogen-bond donors (Lipinski definition) is 1. The fourth-order valence-electron chi connectivity index (χ4n) is 2.83. The van der Waals surface area contributed by atoms with E-state index >= 15 is 0 Å². The van der Waals surface area contributed by atoms with Gasteiger partial charge >= 0.3 is 12.2 Å². The highest BCUT2D eigenvalue weighted by atomic mass is 19.4. The van der Waals surface area contributed by atoms with Crippen LogP contribution in [0.25, 0.3) is 0 Å². The van der Waals surface area contributed by atoms with Gasteiger partial charge in [-0.3, -0.25) is 0 Å². The second kappa shape index (κ2) is 7.03. The summed E-state index contributed by atoms with van der Waals surface area (Å²) in [5.74, 6) is -1.30. The smallest absolute Gasteiger partial charge is 0.335 e. The minimum absolute atomic E-state index is 0.0194. The Morgan fingerprint density at radius 1 is 1.27 bits per heavy atom. The minimum Gasteiger partial charge on any atom is -0.335 e. The highest BCUT2D eigenvalue weighted by molar-refractivity contribution is 5.74. The van der Waals surface area contributed by atoms with Crippen molar-refractivity contribution in [2.45, 2.75) is 44.4 Å². The van der Waals surface area contributed by atoms with Crippen molar-refractivity contribution in [3.63, 3.8) is 0 Å². The molecular weight excluding hydrogens is 293 g/mol. The highest BCUT2D eigenvalue weighted by Gasteiger charge is 2.42. The molecule has 3 nitrogen and oxygen atoms in total. The van der Waals surface area contributed by atoms with E-state index in [0.29, 0.717) is 19.4 Å². The Balaban J connectivity index is 1.86. The van der Waals surface area contributed by atoms with Crippen LogP contribution < -0.4 is 5.32 Å². The largest absolute Gasteiger partial charge is 0.391 e. The van der Waals surface area contributed by atoms with Crippen LogP contribution >= 0.6 is 0 Å². The Morgan fingerprint density at radius 2 is 1.95 bits per heavy atom. The lowest BCUT2D eigenvalue weighted by Gasteiger charge is -2.32. The summed E-state index contributed by atoms with van der Waals surface area (Å²) < 4.78 is 38.3. The van der Waals surface area contributed by atoms with Gasteiger partial charge in [-0.05, 0) is 24.8 Å². The Morgan fingerprint density at radius 3 is 2.59 bits per heavy atom. The molecule has 0 bridgehead atoms. The second-order valence-corrected chi connectivity index (χ2v) is 5.89. The van der Waals surface area contributed by atoms with Gasteiger partial charge in [0.1, 0.15) is 0 Å². The van der Waals surface area contributed by atoms with Crippen molar-refractivity contribution in [1.29, 1.82) is 0 Å². The Hall–Kier alpha value is -1.72. The molecule has 0 spiro atoms. The fourth-order valence-corrected chi connectivity index (χ4v) is 2.83. The molecule has 1 saturated carbocycles. The molecule has 1 N–H and O–H groups in total. The summed E-state index contributed by atoms with van der Waals surface area (Å²) in [7, 11) is 1.65. The number of carbonyl (C=O) groups is 1. The third-order valence-corrected chi connectivity index (χ3v) is 4.07. The highest BCUT2D eigenvalue weighted by Crippen LogP contribution is 2.37. The molecular formula is C16H21F3N2O. The third kappa shape index (κ3) is 4.64. The molecule has 122 valence electrons. The molecule has 0 aromatic heterocycles. The average Bonchev–Trinajstić information content (AvgIpc) is 2.47. The normalized spacial score (nSPS) is 22.2. The molecule has 1 fully saturated rings. The van der Waals surface area contributed by atoms with Crippen molar-refractivity contribution in [3.8, 4) is 0 Å². The number of urea groups is 1. The van der Waals surface area contributed by atoms with Crippen LogP contribution in [0.2, 0.25) is 0 Å². The lowest BCUT2D eigenvalue weighted by atomic mass is 9.85. The van der Waals surface area contributed by atoms with E-state index in [4.69, 9.17) is 0 Å². The maximum Gasteiger partial charge on any atom is 0.391 e. The van der Waals surface area contributed by atoms with Gasteiger partial charge in [-0.15, -0.1) is 0 Å². The molecule has 2 rings (SSSR count). The lowest BCUT2D eigenvalue weighted by Crippen LogP contribution is -2.46. The summed E-state index contributed by atoms with van der Waals surface area (Å²) in [5, 5.41) is 2.73. The Bertz CT molecular complexity index is 490. The molecule has 0 heterocycles. The predicted molar refractivity (Wildman–Crippen MR) is 78.2 cm³/mol. The van der Waals surface area contributed by atoms with Gasteiger partial charge < -0.3 is 10.2 Å². The van der Waals surface area contributed by atoms with Crippen LogP contribution in [-0.4, -0.2) is 30.2 Å². The van der Waals surface area contributed by atoms with Crippen LogP contribution in [0.3, 0.4) is 0 Å². The molecule has 1 aliphatic rings. The molecule has 22 heavy (non-hydrogen) atoms. The maximum absolute atomic E-state index is 12.8. The topological polar surface area (TPSA) is 32.3 Å². The number of hydrogen-bond acceptors (Lipinski definition) is 1. The Labute approximate surface area is 128 Å². The summed E-state index contributed by atoms with van der Waals surface area (Å²) >= 11 is 0. The van der Waals surface area contributed by atoms with Gasteiger partial charge in [0, 0.05) is 19.6 Å². The van der Waals surface area contributed by atoms with Crippen LogP contribution in [-0.2, 0) is 6.54 Å². The molecule has 0 radical (unpaired) electrons. The number of nitrogens with one attached hydrogen (secondary N) is 1. The number of rotatable bonds is 3. The standard InChI is InChI=1S/C16H21F3N2O/c1-21(11-12-6-3-2-4-7-12)15(22)20-14-9-5-8-13(10-14)16(17,18)19/h2-4,6-7,13-14H,5,8-11H2,1H3,(H,20,22). The lowest BCUT2D eigenvalue weighted by molar-refractivity contribution is -0.183. The Kier molecular flexibility index (Phi) is 5.32. The monoisotopic (exact) mass is 314 g/mol. The summed E-state index contributed by atoms with van der Waals surface area (Å²) in [4.78, 5) is 13.6. The first-order valence-electron chi connectivity index (χ1n) is 7.48. The van der Waals surface area contributed by atoms with E-state index in [1.807, 2.05) is 30.3 Å². The van der Waals surface area contributed by atoms with Crippen molar-refractivity contribution in [2.75, 3.05) is 7.05 Å². The molecule has 1 aromatic rings. The van der Waals surface area contributed by atoms with Crippen LogP contribution in [0.1, 0.15) is 31.2 Å². The van der Waals surface area contributed by atoms with Crippen molar-refractivity contribution in [2.24, 2.45) is 5.92 Å². The molecule has 1 aliphatic carbocycles. The van der Waals surface area contributed by atoms with E-state index in [1.165, 1.54) is 4.90 Å². The van der Waals surface area contributed by atoms with E-state index in [1.54, 1.807) is 7.05 Å². The van der Waals surface area contributed by atoms with Crippen molar-refractivity contribution in [3.05, 3.63) is 35.9 Å². The van der Waals surface area contributed by atoms with Crippen molar-refractivity contribution >= 4 is 6.03 Å². The summed E-state index contributed by atoms with van der Waals surface area (Å²) in [6.07, 6.45) is -2.92. The number of alkyl halides is 3. The number of nitrogens with zero attached hydrogens (tertiary/aromatic N) is 1. The van der Waals surface area contributed by atoms with E-state index in [9.17, 15) is 18.0 Å². The number of benzene rings is 1. The number of amides is 2. The number of carbonyl (C=O) groups excluding carboxylic acids is 1. The van der Waals surface area contributed by atoms with E-state index in [2.05, 4.69) is 5.32 Å². The first-order valence-corrected chi connectivity index (χ1v) is 7.48. The van der Waals surface area contributed by atoms with Crippen LogP contribution in [0, 0.1) is 5.92 Å². The van der Waals surface area contributed by atoms with Gasteiger partial charge in [0.15, 0.2) is 0 Å².